The van der Waals surface area contributed by atoms with Gasteiger partial charge >= 0.3 is 0 Å². The van der Waals surface area contributed by atoms with Crippen molar-refractivity contribution in [1.29, 1.82) is 0 Å². The predicted molar refractivity (Wildman–Crippen MR) is 72.4 cm³/mol. The quantitative estimate of drug-likeness (QED) is 0.892. The van der Waals surface area contributed by atoms with Gasteiger partial charge in [-0.1, -0.05) is 30.3 Å². The van der Waals surface area contributed by atoms with E-state index >= 15 is 0 Å². The zero-order valence-electron chi connectivity index (χ0n) is 10.5. The van der Waals surface area contributed by atoms with Gasteiger partial charge in [-0.15, -0.1) is 0 Å². The minimum absolute atomic E-state index is 0.0983. The SMILES string of the molecule is NCC1CCN(S(=O)(=O)Cc2ccccc2)CC1. The Morgan fingerprint density at radius 1 is 1.17 bits per heavy atom. The summed E-state index contributed by atoms with van der Waals surface area (Å²) >= 11 is 0. The van der Waals surface area contributed by atoms with Crippen molar-refractivity contribution in [2.75, 3.05) is 19.6 Å². The van der Waals surface area contributed by atoms with Crippen LogP contribution in [0.15, 0.2) is 30.3 Å². The second kappa shape index (κ2) is 5.82. The summed E-state index contributed by atoms with van der Waals surface area (Å²) in [4.78, 5) is 0. The van der Waals surface area contributed by atoms with Gasteiger partial charge in [-0.2, -0.15) is 0 Å². The molecule has 0 unspecified atom stereocenters. The summed E-state index contributed by atoms with van der Waals surface area (Å²) in [5.41, 5.74) is 6.46. The van der Waals surface area contributed by atoms with E-state index in [9.17, 15) is 8.42 Å². The van der Waals surface area contributed by atoms with E-state index < -0.39 is 10.0 Å². The molecule has 1 fully saturated rings. The largest absolute Gasteiger partial charge is 0.330 e. The first kappa shape index (κ1) is 13.5. The highest BCUT2D eigenvalue weighted by molar-refractivity contribution is 7.88. The van der Waals surface area contributed by atoms with Crippen molar-refractivity contribution in [2.45, 2.75) is 18.6 Å². The highest BCUT2D eigenvalue weighted by Gasteiger charge is 2.27. The van der Waals surface area contributed by atoms with Crippen LogP contribution in [0.1, 0.15) is 18.4 Å². The summed E-state index contributed by atoms with van der Waals surface area (Å²) in [6, 6.07) is 9.33. The highest BCUT2D eigenvalue weighted by Crippen LogP contribution is 2.20. The molecule has 2 rings (SSSR count). The van der Waals surface area contributed by atoms with E-state index in [1.807, 2.05) is 30.3 Å². The topological polar surface area (TPSA) is 63.4 Å². The van der Waals surface area contributed by atoms with Gasteiger partial charge in [0, 0.05) is 13.1 Å². The Bertz CT molecular complexity index is 465. The molecule has 0 aromatic heterocycles. The Morgan fingerprint density at radius 2 is 1.78 bits per heavy atom. The van der Waals surface area contributed by atoms with E-state index in [1.54, 1.807) is 4.31 Å². The third-order valence-electron chi connectivity index (χ3n) is 3.49. The molecule has 0 aliphatic carbocycles. The second-order valence-electron chi connectivity index (χ2n) is 4.82. The van der Waals surface area contributed by atoms with Gasteiger partial charge in [0.15, 0.2) is 0 Å². The number of nitrogens with two attached hydrogens (primary N) is 1. The lowest BCUT2D eigenvalue weighted by molar-refractivity contribution is 0.278. The monoisotopic (exact) mass is 268 g/mol. The fourth-order valence-corrected chi connectivity index (χ4v) is 3.86. The highest BCUT2D eigenvalue weighted by atomic mass is 32.2. The normalized spacial score (nSPS) is 18.9. The van der Waals surface area contributed by atoms with Crippen LogP contribution in [0.3, 0.4) is 0 Å². The summed E-state index contributed by atoms with van der Waals surface area (Å²) in [6.45, 7) is 1.88. The van der Waals surface area contributed by atoms with Crippen LogP contribution >= 0.6 is 0 Å². The summed E-state index contributed by atoms with van der Waals surface area (Å²) in [5, 5.41) is 0. The summed E-state index contributed by atoms with van der Waals surface area (Å²) in [6.07, 6.45) is 1.76. The van der Waals surface area contributed by atoms with Gasteiger partial charge in [0.2, 0.25) is 10.0 Å². The second-order valence-corrected chi connectivity index (χ2v) is 6.79. The first-order valence-corrected chi connectivity index (χ1v) is 7.94. The first-order valence-electron chi connectivity index (χ1n) is 6.33. The van der Waals surface area contributed by atoms with Crippen LogP contribution in [0.4, 0.5) is 0 Å². The van der Waals surface area contributed by atoms with Crippen LogP contribution in [0.25, 0.3) is 0 Å². The van der Waals surface area contributed by atoms with E-state index in [0.717, 1.165) is 18.4 Å². The van der Waals surface area contributed by atoms with E-state index in [4.69, 9.17) is 5.73 Å². The van der Waals surface area contributed by atoms with Crippen LogP contribution in [0.2, 0.25) is 0 Å². The summed E-state index contributed by atoms with van der Waals surface area (Å²) in [5.74, 6) is 0.578. The number of benzene rings is 1. The number of rotatable bonds is 4. The third kappa shape index (κ3) is 3.31. The molecule has 1 heterocycles. The van der Waals surface area contributed by atoms with Gasteiger partial charge in [0.25, 0.3) is 0 Å². The molecular formula is C13H20N2O2S. The maximum absolute atomic E-state index is 12.2. The fourth-order valence-electron chi connectivity index (χ4n) is 2.30. The minimum Gasteiger partial charge on any atom is -0.330 e. The van der Waals surface area contributed by atoms with Crippen LogP contribution in [-0.2, 0) is 15.8 Å². The first-order chi connectivity index (χ1) is 8.62. The molecule has 1 saturated heterocycles. The van der Waals surface area contributed by atoms with Crippen LogP contribution < -0.4 is 5.73 Å². The lowest BCUT2D eigenvalue weighted by atomic mass is 9.99. The lowest BCUT2D eigenvalue weighted by Crippen LogP contribution is -2.40. The van der Waals surface area contributed by atoms with Gasteiger partial charge in [-0.3, -0.25) is 0 Å². The summed E-state index contributed by atoms with van der Waals surface area (Å²) in [7, 11) is -3.18. The fraction of sp³-hybridized carbons (Fsp3) is 0.538. The van der Waals surface area contributed by atoms with Crippen LogP contribution in [0, 0.1) is 5.92 Å². The van der Waals surface area contributed by atoms with Gasteiger partial charge in [-0.05, 0) is 30.9 Å². The Kier molecular flexibility index (Phi) is 4.37. The molecular weight excluding hydrogens is 248 g/mol. The van der Waals surface area contributed by atoms with Crippen molar-refractivity contribution in [3.8, 4) is 0 Å². The molecule has 100 valence electrons. The zero-order chi connectivity index (χ0) is 13.0. The maximum atomic E-state index is 12.2. The molecule has 2 N–H and O–H groups in total. The maximum Gasteiger partial charge on any atom is 0.218 e. The standard InChI is InChI=1S/C13H20N2O2S/c14-10-12-6-8-15(9-7-12)18(16,17)11-13-4-2-1-3-5-13/h1-5,12H,6-11,14H2. The number of piperidine rings is 1. The van der Waals surface area contributed by atoms with Crippen molar-refractivity contribution in [3.63, 3.8) is 0 Å². The summed E-state index contributed by atoms with van der Waals surface area (Å²) < 4.78 is 26.1. The smallest absolute Gasteiger partial charge is 0.218 e. The molecule has 1 aromatic rings. The number of hydrogen-bond donors (Lipinski definition) is 1. The minimum atomic E-state index is -3.18. The van der Waals surface area contributed by atoms with Crippen molar-refractivity contribution >= 4 is 10.0 Å². The third-order valence-corrected chi connectivity index (χ3v) is 5.34. The molecule has 0 bridgehead atoms. The Morgan fingerprint density at radius 3 is 2.33 bits per heavy atom. The molecule has 0 spiro atoms. The predicted octanol–water partition coefficient (Wildman–Crippen LogP) is 1.19. The molecule has 1 aromatic carbocycles. The van der Waals surface area contributed by atoms with Gasteiger partial charge in [0.05, 0.1) is 5.75 Å². The molecule has 1 aliphatic rings. The van der Waals surface area contributed by atoms with E-state index in [-0.39, 0.29) is 5.75 Å². The molecule has 4 nitrogen and oxygen atoms in total. The van der Waals surface area contributed by atoms with Gasteiger partial charge in [-0.25, -0.2) is 12.7 Å². The Balaban J connectivity index is 2.00. The molecule has 0 saturated carbocycles. The van der Waals surface area contributed by atoms with Crippen molar-refractivity contribution in [2.24, 2.45) is 11.7 Å². The molecule has 5 heteroatoms. The van der Waals surface area contributed by atoms with Crippen molar-refractivity contribution < 1.29 is 8.42 Å². The van der Waals surface area contributed by atoms with Gasteiger partial charge < -0.3 is 5.73 Å². The number of nitrogens with zero attached hydrogens (tertiary/aromatic N) is 1. The van der Waals surface area contributed by atoms with Crippen molar-refractivity contribution in [1.82, 2.24) is 4.31 Å². The molecule has 0 atom stereocenters. The van der Waals surface area contributed by atoms with E-state index in [1.165, 1.54) is 0 Å². The number of sulfonamides is 1. The molecule has 0 radical (unpaired) electrons. The average molecular weight is 268 g/mol. The molecule has 18 heavy (non-hydrogen) atoms. The Hall–Kier alpha value is -0.910. The van der Waals surface area contributed by atoms with Crippen molar-refractivity contribution in [3.05, 3.63) is 35.9 Å². The van der Waals surface area contributed by atoms with E-state index in [0.29, 0.717) is 25.6 Å². The Labute approximate surface area is 109 Å². The number of hydrogen-bond acceptors (Lipinski definition) is 3. The van der Waals surface area contributed by atoms with Crippen LogP contribution in [0.5, 0.6) is 0 Å². The average Bonchev–Trinajstić information content (AvgIpc) is 2.39. The lowest BCUT2D eigenvalue weighted by Gasteiger charge is -2.30. The van der Waals surface area contributed by atoms with Crippen LogP contribution in [-0.4, -0.2) is 32.4 Å². The molecule has 0 amide bonds. The van der Waals surface area contributed by atoms with E-state index in [2.05, 4.69) is 0 Å². The zero-order valence-corrected chi connectivity index (χ0v) is 11.3. The molecule has 1 aliphatic heterocycles. The van der Waals surface area contributed by atoms with Gasteiger partial charge in [0.1, 0.15) is 0 Å².